The van der Waals surface area contributed by atoms with Crippen molar-refractivity contribution in [2.24, 2.45) is 11.3 Å². The number of fused-ring (bicyclic) bond motifs is 1. The van der Waals surface area contributed by atoms with Gasteiger partial charge in [-0.05, 0) is 19.8 Å². The zero-order valence-electron chi connectivity index (χ0n) is 12.5. The van der Waals surface area contributed by atoms with Gasteiger partial charge in [-0.2, -0.15) is 8.42 Å². The van der Waals surface area contributed by atoms with Crippen LogP contribution in [0.4, 0.5) is 0 Å². The average molecular weight is 329 g/mol. The van der Waals surface area contributed by atoms with Crippen molar-refractivity contribution in [1.82, 2.24) is 5.32 Å². The Balaban J connectivity index is 1.65. The summed E-state index contributed by atoms with van der Waals surface area (Å²) in [6.07, 6.45) is -0.0296. The smallest absolute Gasteiger partial charge is 0.325 e. The Bertz CT molecular complexity index is 656. The van der Waals surface area contributed by atoms with E-state index in [1.165, 1.54) is 6.92 Å². The Labute approximate surface area is 129 Å². The summed E-state index contributed by atoms with van der Waals surface area (Å²) in [7, 11) is -3.57. The van der Waals surface area contributed by atoms with Crippen molar-refractivity contribution in [2.75, 3.05) is 6.54 Å². The highest BCUT2D eigenvalue weighted by Crippen LogP contribution is 2.62. The molecule has 5 unspecified atom stereocenters. The van der Waals surface area contributed by atoms with Crippen LogP contribution in [0.1, 0.15) is 26.7 Å². The van der Waals surface area contributed by atoms with Crippen molar-refractivity contribution in [2.45, 2.75) is 44.1 Å². The SMILES string of the molecule is C=C(C)C(=O)NCC(=O)OC1C2CC3C(C)(C2)C1OS3(=O)=O. The fourth-order valence-electron chi connectivity index (χ4n) is 3.97. The molecule has 2 bridgehead atoms. The maximum Gasteiger partial charge on any atom is 0.325 e. The molecule has 1 amide bonds. The van der Waals surface area contributed by atoms with Crippen LogP contribution in [-0.2, 0) is 28.6 Å². The van der Waals surface area contributed by atoms with Crippen molar-refractivity contribution >= 4 is 22.0 Å². The van der Waals surface area contributed by atoms with E-state index in [0.29, 0.717) is 18.4 Å². The molecule has 3 fully saturated rings. The van der Waals surface area contributed by atoms with Gasteiger partial charge in [0.25, 0.3) is 10.1 Å². The third-order valence-electron chi connectivity index (χ3n) is 5.00. The third kappa shape index (κ3) is 2.16. The number of rotatable bonds is 4. The van der Waals surface area contributed by atoms with E-state index in [1.807, 2.05) is 6.92 Å². The largest absolute Gasteiger partial charge is 0.458 e. The molecule has 0 aromatic heterocycles. The van der Waals surface area contributed by atoms with E-state index in [-0.39, 0.29) is 12.5 Å². The monoisotopic (exact) mass is 329 g/mol. The predicted octanol–water partition coefficient (Wildman–Crippen LogP) is 0.118. The van der Waals surface area contributed by atoms with E-state index in [0.717, 1.165) is 0 Å². The molecule has 8 heteroatoms. The van der Waals surface area contributed by atoms with Crippen molar-refractivity contribution in [3.05, 3.63) is 12.2 Å². The zero-order chi connectivity index (χ0) is 16.3. The standard InChI is InChI=1S/C14H19NO6S/c1-7(2)13(17)15-6-10(16)20-11-8-4-9-14(3,5-8)12(11)21-22(9,18)19/h8-9,11-12H,1,4-6H2,2-3H3,(H,15,17). The Morgan fingerprint density at radius 3 is 2.77 bits per heavy atom. The molecule has 1 heterocycles. The van der Waals surface area contributed by atoms with Crippen LogP contribution in [0.25, 0.3) is 0 Å². The first-order chi connectivity index (χ1) is 10.1. The first-order valence-corrected chi connectivity index (χ1v) is 8.67. The molecule has 0 radical (unpaired) electrons. The van der Waals surface area contributed by atoms with Gasteiger partial charge in [0.15, 0.2) is 0 Å². The van der Waals surface area contributed by atoms with Crippen LogP contribution in [0.3, 0.4) is 0 Å². The average Bonchev–Trinajstić information content (AvgIpc) is 2.92. The number of ether oxygens (including phenoxy) is 1. The number of nitrogens with one attached hydrogen (secondary N) is 1. The highest BCUT2D eigenvalue weighted by Gasteiger charge is 2.72. The van der Waals surface area contributed by atoms with Crippen LogP contribution < -0.4 is 5.32 Å². The topological polar surface area (TPSA) is 98.8 Å². The first kappa shape index (κ1) is 15.5. The van der Waals surface area contributed by atoms with E-state index in [9.17, 15) is 18.0 Å². The molecule has 122 valence electrons. The van der Waals surface area contributed by atoms with Gasteiger partial charge in [-0.15, -0.1) is 0 Å². The summed E-state index contributed by atoms with van der Waals surface area (Å²) in [6.45, 7) is 6.62. The lowest BCUT2D eigenvalue weighted by Crippen LogP contribution is -2.44. The highest BCUT2D eigenvalue weighted by molar-refractivity contribution is 7.87. The second-order valence-electron chi connectivity index (χ2n) is 6.62. The van der Waals surface area contributed by atoms with Crippen LogP contribution in [-0.4, -0.2) is 44.3 Å². The highest BCUT2D eigenvalue weighted by atomic mass is 32.2. The Hall–Kier alpha value is -1.41. The minimum absolute atomic E-state index is 0.00179. The fourth-order valence-corrected chi connectivity index (χ4v) is 6.10. The molecular weight excluding hydrogens is 310 g/mol. The van der Waals surface area contributed by atoms with E-state index in [2.05, 4.69) is 11.9 Å². The number of amides is 1. The van der Waals surface area contributed by atoms with Crippen LogP contribution >= 0.6 is 0 Å². The molecule has 2 aliphatic carbocycles. The van der Waals surface area contributed by atoms with Crippen molar-refractivity contribution in [1.29, 1.82) is 0 Å². The molecule has 0 spiro atoms. The summed E-state index contributed by atoms with van der Waals surface area (Å²) in [5, 5.41) is 1.90. The van der Waals surface area contributed by atoms with Gasteiger partial charge in [-0.3, -0.25) is 13.8 Å². The van der Waals surface area contributed by atoms with Crippen molar-refractivity contribution in [3.63, 3.8) is 0 Å². The molecule has 0 aromatic carbocycles. The molecule has 7 nitrogen and oxygen atoms in total. The quantitative estimate of drug-likeness (QED) is 0.447. The van der Waals surface area contributed by atoms with E-state index < -0.39 is 44.9 Å². The molecule has 22 heavy (non-hydrogen) atoms. The molecule has 5 atom stereocenters. The summed E-state index contributed by atoms with van der Waals surface area (Å²) >= 11 is 0. The second-order valence-corrected chi connectivity index (χ2v) is 8.37. The maximum atomic E-state index is 12.0. The summed E-state index contributed by atoms with van der Waals surface area (Å²) in [5.74, 6) is -1.02. The van der Waals surface area contributed by atoms with Crippen LogP contribution in [0, 0.1) is 11.3 Å². The lowest BCUT2D eigenvalue weighted by atomic mass is 9.82. The normalized spacial score (nSPS) is 40.5. The molecule has 1 aliphatic heterocycles. The Morgan fingerprint density at radius 2 is 2.14 bits per heavy atom. The van der Waals surface area contributed by atoms with Gasteiger partial charge in [0.2, 0.25) is 5.91 Å². The molecule has 1 saturated heterocycles. The van der Waals surface area contributed by atoms with Gasteiger partial charge in [0.1, 0.15) is 18.8 Å². The zero-order valence-corrected chi connectivity index (χ0v) is 13.3. The van der Waals surface area contributed by atoms with Crippen LogP contribution in [0.15, 0.2) is 12.2 Å². The van der Waals surface area contributed by atoms with Gasteiger partial charge in [0.05, 0.1) is 5.25 Å². The molecule has 1 N–H and O–H groups in total. The number of carbonyl (C=O) groups is 2. The van der Waals surface area contributed by atoms with Crippen molar-refractivity contribution < 1.29 is 26.9 Å². The Kier molecular flexibility index (Phi) is 3.37. The minimum atomic E-state index is -3.57. The number of esters is 1. The molecule has 0 aromatic rings. The molecule has 2 saturated carbocycles. The van der Waals surface area contributed by atoms with Gasteiger partial charge in [-0.1, -0.05) is 13.5 Å². The fraction of sp³-hybridized carbons (Fsp3) is 0.714. The minimum Gasteiger partial charge on any atom is -0.458 e. The number of carbonyl (C=O) groups excluding carboxylic acids is 2. The summed E-state index contributed by atoms with van der Waals surface area (Å²) < 4.78 is 34.5. The summed E-state index contributed by atoms with van der Waals surface area (Å²) in [5.41, 5.74) is -0.177. The lowest BCUT2D eigenvalue weighted by molar-refractivity contribution is -0.156. The third-order valence-corrected chi connectivity index (χ3v) is 6.91. The number of hydrogen-bond donors (Lipinski definition) is 1. The van der Waals surface area contributed by atoms with Crippen molar-refractivity contribution in [3.8, 4) is 0 Å². The molecular formula is C14H19NO6S. The van der Waals surface area contributed by atoms with Crippen LogP contribution in [0.2, 0.25) is 0 Å². The van der Waals surface area contributed by atoms with Gasteiger partial charge in [0, 0.05) is 16.9 Å². The molecule has 3 aliphatic rings. The van der Waals surface area contributed by atoms with E-state index in [1.54, 1.807) is 0 Å². The lowest BCUT2D eigenvalue weighted by Gasteiger charge is -2.30. The second kappa shape index (κ2) is 4.79. The summed E-state index contributed by atoms with van der Waals surface area (Å²) in [6, 6.07) is 0. The van der Waals surface area contributed by atoms with E-state index in [4.69, 9.17) is 8.92 Å². The number of hydrogen-bond acceptors (Lipinski definition) is 6. The predicted molar refractivity (Wildman–Crippen MR) is 76.1 cm³/mol. The van der Waals surface area contributed by atoms with Crippen LogP contribution in [0.5, 0.6) is 0 Å². The van der Waals surface area contributed by atoms with Gasteiger partial charge >= 0.3 is 5.97 Å². The van der Waals surface area contributed by atoms with E-state index >= 15 is 0 Å². The summed E-state index contributed by atoms with van der Waals surface area (Å²) in [4.78, 5) is 23.2. The molecule has 3 rings (SSSR count). The van der Waals surface area contributed by atoms with Gasteiger partial charge < -0.3 is 10.1 Å². The Morgan fingerprint density at radius 1 is 1.45 bits per heavy atom. The first-order valence-electron chi connectivity index (χ1n) is 7.20. The van der Waals surface area contributed by atoms with Gasteiger partial charge in [-0.25, -0.2) is 0 Å². The maximum absolute atomic E-state index is 12.0.